The van der Waals surface area contributed by atoms with Gasteiger partial charge in [0.2, 0.25) is 0 Å². The molecule has 0 aromatic carbocycles. The number of hydrogen-bond donors (Lipinski definition) is 1. The van der Waals surface area contributed by atoms with Crippen molar-refractivity contribution < 1.29 is 0 Å². The lowest BCUT2D eigenvalue weighted by Crippen LogP contribution is -2.44. The van der Waals surface area contributed by atoms with Gasteiger partial charge >= 0.3 is 0 Å². The van der Waals surface area contributed by atoms with Crippen LogP contribution in [0.4, 0.5) is 0 Å². The zero-order chi connectivity index (χ0) is 10.2. The minimum Gasteiger partial charge on any atom is -0.317 e. The monoisotopic (exact) mass is 196 g/mol. The van der Waals surface area contributed by atoms with E-state index in [1.165, 1.54) is 45.4 Å². The van der Waals surface area contributed by atoms with E-state index in [1.54, 1.807) is 0 Å². The molecule has 0 aromatic rings. The Balaban J connectivity index is 0.000000461. The fourth-order valence-corrected chi connectivity index (χ4v) is 2.16. The normalized spacial score (nSPS) is 24.1. The molecule has 14 heavy (non-hydrogen) atoms. The zero-order valence-electron chi connectivity index (χ0n) is 9.63. The number of hydrogen-bond acceptors (Lipinski definition) is 2. The second-order valence-corrected chi connectivity index (χ2v) is 3.74. The molecule has 0 aromatic heterocycles. The smallest absolute Gasteiger partial charge is 0.0166 e. The van der Waals surface area contributed by atoms with Crippen molar-refractivity contribution in [3.05, 3.63) is 12.2 Å². The van der Waals surface area contributed by atoms with Crippen molar-refractivity contribution in [3.8, 4) is 0 Å². The van der Waals surface area contributed by atoms with Gasteiger partial charge in [-0.2, -0.15) is 0 Å². The molecule has 2 heteroatoms. The maximum absolute atomic E-state index is 3.41. The van der Waals surface area contributed by atoms with Crippen molar-refractivity contribution in [3.63, 3.8) is 0 Å². The summed E-state index contributed by atoms with van der Waals surface area (Å²) in [7, 11) is 0. The van der Waals surface area contributed by atoms with Crippen LogP contribution in [0.3, 0.4) is 0 Å². The third-order valence-corrected chi connectivity index (χ3v) is 2.91. The summed E-state index contributed by atoms with van der Waals surface area (Å²) in [6.07, 6.45) is 8.55. The number of piperidine rings is 1. The standard InChI is InChI=1S/C10H18N2.C2H6/c1-2-8-12(9-3-1)10-4-6-11-7-5-10;1-2/h1-2,10-11H,3-9H2;1-2H3. The van der Waals surface area contributed by atoms with E-state index in [4.69, 9.17) is 0 Å². The summed E-state index contributed by atoms with van der Waals surface area (Å²) in [4.78, 5) is 2.63. The van der Waals surface area contributed by atoms with Crippen LogP contribution in [0.5, 0.6) is 0 Å². The maximum Gasteiger partial charge on any atom is 0.0166 e. The van der Waals surface area contributed by atoms with Gasteiger partial charge in [-0.25, -0.2) is 0 Å². The van der Waals surface area contributed by atoms with Crippen LogP contribution >= 0.6 is 0 Å². The fraction of sp³-hybridized carbons (Fsp3) is 0.833. The number of rotatable bonds is 1. The highest BCUT2D eigenvalue weighted by molar-refractivity contribution is 4.93. The van der Waals surface area contributed by atoms with Gasteiger partial charge in [-0.3, -0.25) is 4.90 Å². The second kappa shape index (κ2) is 7.02. The molecule has 82 valence electrons. The van der Waals surface area contributed by atoms with Gasteiger partial charge in [0.15, 0.2) is 0 Å². The van der Waals surface area contributed by atoms with Gasteiger partial charge < -0.3 is 5.32 Å². The Kier molecular flexibility index (Phi) is 5.88. The molecule has 0 radical (unpaired) electrons. The van der Waals surface area contributed by atoms with E-state index in [9.17, 15) is 0 Å². The largest absolute Gasteiger partial charge is 0.317 e. The number of nitrogens with one attached hydrogen (secondary N) is 1. The lowest BCUT2D eigenvalue weighted by atomic mass is 10.0. The first kappa shape index (κ1) is 11.7. The van der Waals surface area contributed by atoms with Crippen LogP contribution < -0.4 is 5.32 Å². The predicted octanol–water partition coefficient (Wildman–Crippen LogP) is 2.03. The summed E-state index contributed by atoms with van der Waals surface area (Å²) in [5.41, 5.74) is 0. The first-order valence-corrected chi connectivity index (χ1v) is 6.06. The molecule has 2 rings (SSSR count). The average Bonchev–Trinajstić information content (AvgIpc) is 2.34. The molecular weight excluding hydrogens is 172 g/mol. The van der Waals surface area contributed by atoms with E-state index in [0.717, 1.165) is 6.04 Å². The van der Waals surface area contributed by atoms with E-state index in [2.05, 4.69) is 22.4 Å². The molecule has 0 spiro atoms. The second-order valence-electron chi connectivity index (χ2n) is 3.74. The molecule has 2 nitrogen and oxygen atoms in total. The van der Waals surface area contributed by atoms with Gasteiger partial charge in [0, 0.05) is 19.1 Å². The summed E-state index contributed by atoms with van der Waals surface area (Å²) < 4.78 is 0. The lowest BCUT2D eigenvalue weighted by molar-refractivity contribution is 0.176. The molecule has 0 atom stereocenters. The Hall–Kier alpha value is -0.340. The van der Waals surface area contributed by atoms with E-state index in [0.29, 0.717) is 0 Å². The van der Waals surface area contributed by atoms with E-state index in [-0.39, 0.29) is 0 Å². The predicted molar refractivity (Wildman–Crippen MR) is 62.6 cm³/mol. The molecule has 1 saturated heterocycles. The summed E-state index contributed by atoms with van der Waals surface area (Å²) in [6.45, 7) is 8.89. The first-order valence-electron chi connectivity index (χ1n) is 6.06. The van der Waals surface area contributed by atoms with Crippen molar-refractivity contribution in [2.45, 2.75) is 39.2 Å². The van der Waals surface area contributed by atoms with Gasteiger partial charge in [-0.1, -0.05) is 26.0 Å². The van der Waals surface area contributed by atoms with Gasteiger partial charge in [0.1, 0.15) is 0 Å². The van der Waals surface area contributed by atoms with Gasteiger partial charge in [0.05, 0.1) is 0 Å². The molecule has 2 aliphatic rings. The highest BCUT2D eigenvalue weighted by atomic mass is 15.2. The van der Waals surface area contributed by atoms with Gasteiger partial charge in [0.25, 0.3) is 0 Å². The van der Waals surface area contributed by atoms with Crippen LogP contribution in [0.25, 0.3) is 0 Å². The Labute approximate surface area is 88.4 Å². The average molecular weight is 196 g/mol. The number of nitrogens with zero attached hydrogens (tertiary/aromatic N) is 1. The third kappa shape index (κ3) is 3.43. The van der Waals surface area contributed by atoms with E-state index in [1.807, 2.05) is 13.8 Å². The molecule has 2 aliphatic heterocycles. The Morgan fingerprint density at radius 3 is 2.43 bits per heavy atom. The molecule has 1 N–H and O–H groups in total. The van der Waals surface area contributed by atoms with Crippen LogP contribution in [-0.2, 0) is 0 Å². The summed E-state index contributed by atoms with van der Waals surface area (Å²) in [5, 5.41) is 3.41. The molecule has 0 aliphatic carbocycles. The minimum absolute atomic E-state index is 0.858. The Morgan fingerprint density at radius 1 is 1.14 bits per heavy atom. The van der Waals surface area contributed by atoms with Crippen molar-refractivity contribution in [1.29, 1.82) is 0 Å². The van der Waals surface area contributed by atoms with Crippen molar-refractivity contribution >= 4 is 0 Å². The van der Waals surface area contributed by atoms with Crippen LogP contribution in [0.15, 0.2) is 12.2 Å². The molecule has 0 unspecified atom stereocenters. The SMILES string of the molecule is C1=CCN(C2CCNCC2)CC1.CC. The van der Waals surface area contributed by atoms with Crippen molar-refractivity contribution in [2.75, 3.05) is 26.2 Å². The Bertz CT molecular complexity index is 160. The fourth-order valence-electron chi connectivity index (χ4n) is 2.16. The molecule has 0 amide bonds. The Morgan fingerprint density at radius 2 is 1.86 bits per heavy atom. The molecule has 1 fully saturated rings. The van der Waals surface area contributed by atoms with E-state index < -0.39 is 0 Å². The van der Waals surface area contributed by atoms with Crippen LogP contribution in [0.1, 0.15) is 33.1 Å². The molecular formula is C12H24N2. The molecule has 0 bridgehead atoms. The maximum atomic E-state index is 3.41. The molecule has 2 heterocycles. The van der Waals surface area contributed by atoms with Crippen LogP contribution in [0.2, 0.25) is 0 Å². The summed E-state index contributed by atoms with van der Waals surface area (Å²) in [6, 6.07) is 0.858. The minimum atomic E-state index is 0.858. The van der Waals surface area contributed by atoms with E-state index >= 15 is 0 Å². The van der Waals surface area contributed by atoms with Crippen LogP contribution in [-0.4, -0.2) is 37.1 Å². The quantitative estimate of drug-likeness (QED) is 0.646. The topological polar surface area (TPSA) is 15.3 Å². The van der Waals surface area contributed by atoms with Crippen molar-refractivity contribution in [1.82, 2.24) is 10.2 Å². The highest BCUT2D eigenvalue weighted by Gasteiger charge is 2.20. The van der Waals surface area contributed by atoms with Crippen molar-refractivity contribution in [2.24, 2.45) is 0 Å². The summed E-state index contributed by atoms with van der Waals surface area (Å²) >= 11 is 0. The highest BCUT2D eigenvalue weighted by Crippen LogP contribution is 2.14. The van der Waals surface area contributed by atoms with Gasteiger partial charge in [-0.05, 0) is 32.4 Å². The van der Waals surface area contributed by atoms with Gasteiger partial charge in [-0.15, -0.1) is 0 Å². The summed E-state index contributed by atoms with van der Waals surface area (Å²) in [5.74, 6) is 0. The lowest BCUT2D eigenvalue weighted by Gasteiger charge is -2.35. The van der Waals surface area contributed by atoms with Crippen LogP contribution in [0, 0.1) is 0 Å². The molecule has 0 saturated carbocycles. The first-order chi connectivity index (χ1) is 6.97. The zero-order valence-corrected chi connectivity index (χ0v) is 9.63. The third-order valence-electron chi connectivity index (χ3n) is 2.91.